The van der Waals surface area contributed by atoms with Crippen molar-refractivity contribution in [3.63, 3.8) is 0 Å². The summed E-state index contributed by atoms with van der Waals surface area (Å²) in [5.74, 6) is 0.128. The number of hydrogen-bond donors (Lipinski definition) is 3. The summed E-state index contributed by atoms with van der Waals surface area (Å²) in [5, 5.41) is 13.8. The van der Waals surface area contributed by atoms with E-state index in [0.717, 1.165) is 64.7 Å². The molecule has 4 heterocycles. The molecule has 0 radical (unpaired) electrons. The number of fused-ring (bicyclic) bond motifs is 3. The molecule has 0 aliphatic carbocycles. The van der Waals surface area contributed by atoms with Gasteiger partial charge in [-0.1, -0.05) is 18.0 Å². The predicted octanol–water partition coefficient (Wildman–Crippen LogP) is 2.27. The Bertz CT molecular complexity index is 971. The number of nitrogens with two attached hydrogens (primary N) is 1. The Morgan fingerprint density at radius 2 is 1.89 bits per heavy atom. The standard InChI is InChI=1S/C27H41ClN4O6/c1-36-22-15-20(29)19(28)14-18(22)26(35)30-21-9-11-31(16-23(21)37-2)10-5-3-4-6-24(33)38-27-25(34)17-7-12-32(27)13-8-17/h14-15,17,21,23,25,27,34H,3-13,16,29H2,1-2H3,(H,30,35)/t21-,23+,25-,27-/m1/s1. The van der Waals surface area contributed by atoms with Gasteiger partial charge < -0.3 is 35.3 Å². The number of carbonyl (C=O) groups excluding carboxylic acids is 2. The maximum Gasteiger partial charge on any atom is 0.307 e. The average Bonchev–Trinajstić information content (AvgIpc) is 2.92. The van der Waals surface area contributed by atoms with Gasteiger partial charge in [-0.25, -0.2) is 0 Å². The first-order valence-corrected chi connectivity index (χ1v) is 14.0. The monoisotopic (exact) mass is 552 g/mol. The molecule has 4 atom stereocenters. The molecule has 4 N–H and O–H groups in total. The number of methoxy groups -OCH3 is 2. The van der Waals surface area contributed by atoms with Gasteiger partial charge in [0.15, 0.2) is 6.23 Å². The fraction of sp³-hybridized carbons (Fsp3) is 0.704. The molecule has 0 aromatic heterocycles. The molecule has 4 aliphatic rings. The van der Waals surface area contributed by atoms with Crippen LogP contribution in [0.25, 0.3) is 0 Å². The minimum absolute atomic E-state index is 0.138. The molecule has 4 aliphatic heterocycles. The van der Waals surface area contributed by atoms with Crippen LogP contribution in [0.1, 0.15) is 55.3 Å². The van der Waals surface area contributed by atoms with Crippen molar-refractivity contribution in [1.29, 1.82) is 0 Å². The van der Waals surface area contributed by atoms with Crippen LogP contribution in [0.5, 0.6) is 5.75 Å². The van der Waals surface area contributed by atoms with E-state index in [2.05, 4.69) is 15.1 Å². The Morgan fingerprint density at radius 3 is 2.58 bits per heavy atom. The number of aliphatic hydroxyl groups is 1. The van der Waals surface area contributed by atoms with Crippen LogP contribution in [-0.2, 0) is 14.3 Å². The average molecular weight is 553 g/mol. The summed E-state index contributed by atoms with van der Waals surface area (Å²) < 4.78 is 16.6. The predicted molar refractivity (Wildman–Crippen MR) is 144 cm³/mol. The van der Waals surface area contributed by atoms with Crippen molar-refractivity contribution >= 4 is 29.2 Å². The van der Waals surface area contributed by atoms with Gasteiger partial charge in [-0.3, -0.25) is 14.5 Å². The molecule has 10 nitrogen and oxygen atoms in total. The number of piperidine rings is 4. The smallest absolute Gasteiger partial charge is 0.307 e. The van der Waals surface area contributed by atoms with Gasteiger partial charge in [-0.05, 0) is 50.6 Å². The van der Waals surface area contributed by atoms with E-state index in [1.807, 2.05) is 0 Å². The fourth-order valence-corrected chi connectivity index (χ4v) is 6.00. The molecule has 212 valence electrons. The van der Waals surface area contributed by atoms with Crippen LogP contribution < -0.4 is 15.8 Å². The number of anilines is 1. The van der Waals surface area contributed by atoms with Gasteiger partial charge in [-0.15, -0.1) is 0 Å². The summed E-state index contributed by atoms with van der Waals surface area (Å²) in [6.45, 7) is 4.23. The molecule has 0 saturated carbocycles. The summed E-state index contributed by atoms with van der Waals surface area (Å²) in [6, 6.07) is 2.94. The van der Waals surface area contributed by atoms with Crippen molar-refractivity contribution in [3.05, 3.63) is 22.7 Å². The minimum atomic E-state index is -0.561. The number of amides is 1. The van der Waals surface area contributed by atoms with Gasteiger partial charge in [0.25, 0.3) is 5.91 Å². The van der Waals surface area contributed by atoms with Crippen LogP contribution in [0.3, 0.4) is 0 Å². The number of carbonyl (C=O) groups is 2. The van der Waals surface area contributed by atoms with Crippen LogP contribution >= 0.6 is 11.6 Å². The number of hydrogen-bond acceptors (Lipinski definition) is 9. The highest BCUT2D eigenvalue weighted by Gasteiger charge is 2.43. The van der Waals surface area contributed by atoms with Gasteiger partial charge in [0.2, 0.25) is 0 Å². The van der Waals surface area contributed by atoms with E-state index in [9.17, 15) is 14.7 Å². The van der Waals surface area contributed by atoms with Crippen LogP contribution in [0.4, 0.5) is 5.69 Å². The third kappa shape index (κ3) is 6.90. The van der Waals surface area contributed by atoms with E-state index in [1.165, 1.54) is 13.2 Å². The Balaban J connectivity index is 1.16. The zero-order valence-electron chi connectivity index (χ0n) is 22.4. The highest BCUT2D eigenvalue weighted by molar-refractivity contribution is 6.33. The topological polar surface area (TPSA) is 127 Å². The molecule has 1 aromatic carbocycles. The number of rotatable bonds is 11. The summed E-state index contributed by atoms with van der Waals surface area (Å²) in [5.41, 5.74) is 6.53. The van der Waals surface area contributed by atoms with Gasteiger partial charge in [0, 0.05) is 45.8 Å². The number of nitrogens with zero attached hydrogens (tertiary/aromatic N) is 2. The molecular formula is C27H41ClN4O6. The second-order valence-corrected chi connectivity index (χ2v) is 11.0. The number of ether oxygens (including phenoxy) is 3. The number of halogens is 1. The number of likely N-dealkylation sites (tertiary alicyclic amines) is 1. The van der Waals surface area contributed by atoms with Gasteiger partial charge in [0.1, 0.15) is 11.9 Å². The lowest BCUT2D eigenvalue weighted by Crippen LogP contribution is -2.59. The number of benzene rings is 1. The van der Waals surface area contributed by atoms with Crippen molar-refractivity contribution in [2.75, 3.05) is 52.7 Å². The number of nitrogen functional groups attached to an aromatic ring is 1. The lowest BCUT2D eigenvalue weighted by Gasteiger charge is -2.47. The van der Waals surface area contributed by atoms with Gasteiger partial charge >= 0.3 is 5.97 Å². The molecule has 11 heteroatoms. The van der Waals surface area contributed by atoms with Gasteiger partial charge in [0.05, 0.1) is 35.5 Å². The molecule has 4 saturated heterocycles. The summed E-state index contributed by atoms with van der Waals surface area (Å²) in [6.07, 6.45) is 4.54. The van der Waals surface area contributed by atoms with E-state index in [4.69, 9.17) is 31.5 Å². The first-order chi connectivity index (χ1) is 18.3. The van der Waals surface area contributed by atoms with E-state index in [-0.39, 0.29) is 29.9 Å². The number of unbranched alkanes of at least 4 members (excludes halogenated alkanes) is 2. The van der Waals surface area contributed by atoms with Crippen LogP contribution in [0.2, 0.25) is 5.02 Å². The normalized spacial score (nSPS) is 29.2. The number of esters is 1. The highest BCUT2D eigenvalue weighted by atomic mass is 35.5. The van der Waals surface area contributed by atoms with E-state index in [0.29, 0.717) is 35.0 Å². The van der Waals surface area contributed by atoms with E-state index >= 15 is 0 Å². The highest BCUT2D eigenvalue weighted by Crippen LogP contribution is 2.33. The van der Waals surface area contributed by atoms with E-state index < -0.39 is 12.3 Å². The minimum Gasteiger partial charge on any atom is -0.496 e. The van der Waals surface area contributed by atoms with Crippen LogP contribution in [-0.4, -0.2) is 98.2 Å². The Hall–Kier alpha value is -2.11. The Labute approximate surface area is 229 Å². The second kappa shape index (κ2) is 13.3. The lowest BCUT2D eigenvalue weighted by molar-refractivity contribution is -0.200. The SMILES string of the molecule is COc1cc(N)c(Cl)cc1C(=O)N[C@@H]1CCN(CCCCCC(=O)O[C@@H]2[C@H](O)C3CCN2CC3)C[C@@H]1OC. The molecular weight excluding hydrogens is 512 g/mol. The third-order valence-electron chi connectivity index (χ3n) is 8.14. The van der Waals surface area contributed by atoms with Crippen LogP contribution in [0, 0.1) is 5.92 Å². The molecule has 5 rings (SSSR count). The fourth-order valence-electron chi connectivity index (χ4n) is 5.83. The van der Waals surface area contributed by atoms with Crippen LogP contribution in [0.15, 0.2) is 12.1 Å². The summed E-state index contributed by atoms with van der Waals surface area (Å²) >= 11 is 6.13. The number of aliphatic hydroxyl groups excluding tert-OH is 1. The largest absolute Gasteiger partial charge is 0.496 e. The Kier molecular flexibility index (Phi) is 10.1. The molecule has 1 aromatic rings. The maximum absolute atomic E-state index is 13.0. The molecule has 2 bridgehead atoms. The molecule has 1 amide bonds. The summed E-state index contributed by atoms with van der Waals surface area (Å²) in [7, 11) is 3.15. The van der Waals surface area contributed by atoms with Crippen molar-refractivity contribution < 1.29 is 28.9 Å². The van der Waals surface area contributed by atoms with Crippen molar-refractivity contribution in [2.24, 2.45) is 5.92 Å². The van der Waals surface area contributed by atoms with Crippen molar-refractivity contribution in [3.8, 4) is 5.75 Å². The van der Waals surface area contributed by atoms with Crippen molar-refractivity contribution in [2.45, 2.75) is 69.4 Å². The van der Waals surface area contributed by atoms with E-state index in [1.54, 1.807) is 13.2 Å². The van der Waals surface area contributed by atoms with Crippen molar-refractivity contribution in [1.82, 2.24) is 15.1 Å². The maximum atomic E-state index is 13.0. The quantitative estimate of drug-likeness (QED) is 0.215. The molecule has 0 unspecified atom stereocenters. The van der Waals surface area contributed by atoms with Gasteiger partial charge in [-0.2, -0.15) is 0 Å². The molecule has 0 spiro atoms. The zero-order valence-corrected chi connectivity index (χ0v) is 23.1. The summed E-state index contributed by atoms with van der Waals surface area (Å²) in [4.78, 5) is 29.7. The number of nitrogens with one attached hydrogen (secondary N) is 1. The molecule has 38 heavy (non-hydrogen) atoms. The zero-order chi connectivity index (χ0) is 27.2. The third-order valence-corrected chi connectivity index (χ3v) is 8.47. The first-order valence-electron chi connectivity index (χ1n) is 13.6. The first kappa shape index (κ1) is 28.9. The lowest BCUT2D eigenvalue weighted by atomic mass is 9.84. The molecule has 4 fully saturated rings. The Morgan fingerprint density at radius 1 is 1.13 bits per heavy atom. The second-order valence-electron chi connectivity index (χ2n) is 10.6.